The van der Waals surface area contributed by atoms with Crippen LogP contribution in [-0.2, 0) is 6.54 Å². The van der Waals surface area contributed by atoms with Gasteiger partial charge in [0.05, 0.1) is 27.2 Å². The van der Waals surface area contributed by atoms with Gasteiger partial charge in [-0.3, -0.25) is 4.79 Å². The molecule has 1 amide bonds. The fourth-order valence-corrected chi connectivity index (χ4v) is 3.61. The van der Waals surface area contributed by atoms with E-state index in [0.717, 1.165) is 35.0 Å². The molecular weight excluding hydrogens is 357 g/mol. The number of carbonyl (C=O) groups is 1. The number of nitrogens with one attached hydrogen (secondary N) is 1. The second-order valence-electron chi connectivity index (χ2n) is 5.99. The van der Waals surface area contributed by atoms with Crippen molar-refractivity contribution in [3.63, 3.8) is 0 Å². The van der Waals surface area contributed by atoms with Gasteiger partial charge in [0.1, 0.15) is 5.69 Å². The molecule has 1 aromatic heterocycles. The summed E-state index contributed by atoms with van der Waals surface area (Å²) in [6.07, 6.45) is 0.851. The largest absolute Gasteiger partial charge is 0.351 e. The van der Waals surface area contributed by atoms with E-state index in [-0.39, 0.29) is 5.91 Å². The summed E-state index contributed by atoms with van der Waals surface area (Å²) in [5.41, 5.74) is 3.82. The zero-order chi connectivity index (χ0) is 17.6. The number of hydrogen-bond donors (Lipinski definition) is 1. The van der Waals surface area contributed by atoms with Crippen LogP contribution in [0.3, 0.4) is 0 Å². The molecule has 124 valence electrons. The number of hydrogen-bond acceptors (Lipinski definition) is 2. The van der Waals surface area contributed by atoms with Crippen LogP contribution in [0.2, 0.25) is 10.0 Å². The highest BCUT2D eigenvalue weighted by Gasteiger charge is 2.21. The summed E-state index contributed by atoms with van der Waals surface area (Å²) in [5.74, 6) is -0.0905. The monoisotopic (exact) mass is 369 g/mol. The Balaban J connectivity index is 2.07. The maximum atomic E-state index is 12.3. The van der Waals surface area contributed by atoms with Gasteiger partial charge in [0.15, 0.2) is 0 Å². The van der Waals surface area contributed by atoms with Gasteiger partial charge in [-0.2, -0.15) is 5.26 Å². The smallest absolute Gasteiger partial charge is 0.267 e. The Morgan fingerprint density at radius 3 is 2.72 bits per heavy atom. The lowest BCUT2D eigenvalue weighted by atomic mass is 10.00. The van der Waals surface area contributed by atoms with E-state index in [0.29, 0.717) is 27.8 Å². The maximum absolute atomic E-state index is 12.3. The minimum absolute atomic E-state index is 0.0905. The maximum Gasteiger partial charge on any atom is 0.267 e. The zero-order valence-corrected chi connectivity index (χ0v) is 14.7. The lowest BCUT2D eigenvalue weighted by Gasteiger charge is -2.11. The van der Waals surface area contributed by atoms with Gasteiger partial charge in [-0.05, 0) is 42.3 Å². The summed E-state index contributed by atoms with van der Waals surface area (Å²) >= 11 is 12.2. The summed E-state index contributed by atoms with van der Waals surface area (Å²) < 4.78 is 2.02. The van der Waals surface area contributed by atoms with Gasteiger partial charge in [-0.15, -0.1) is 0 Å². The van der Waals surface area contributed by atoms with Crippen molar-refractivity contribution in [2.45, 2.75) is 13.0 Å². The quantitative estimate of drug-likeness (QED) is 0.680. The predicted molar refractivity (Wildman–Crippen MR) is 99.1 cm³/mol. The standard InChI is InChI=1S/C19H13Cl2N3O/c20-15-3-2-12(8-16(15)21)14-7-11(10-22)6-13-9-17-19(25)23-4-1-5-24(17)18(13)14/h2-3,6-9H,1,4-5H2,(H,23,25). The number of benzene rings is 2. The molecule has 0 bridgehead atoms. The van der Waals surface area contributed by atoms with E-state index >= 15 is 0 Å². The summed E-state index contributed by atoms with van der Waals surface area (Å²) in [6, 6.07) is 13.1. The first-order chi connectivity index (χ1) is 12.1. The number of nitriles is 1. The van der Waals surface area contributed by atoms with Gasteiger partial charge < -0.3 is 9.88 Å². The number of aromatic nitrogens is 1. The third kappa shape index (κ3) is 2.66. The Morgan fingerprint density at radius 2 is 1.96 bits per heavy atom. The zero-order valence-electron chi connectivity index (χ0n) is 13.1. The molecule has 2 heterocycles. The van der Waals surface area contributed by atoms with E-state index in [1.807, 2.05) is 28.8 Å². The molecule has 0 spiro atoms. The second-order valence-corrected chi connectivity index (χ2v) is 6.81. The first-order valence-corrected chi connectivity index (χ1v) is 8.65. The van der Waals surface area contributed by atoms with Crippen LogP contribution in [0.5, 0.6) is 0 Å². The lowest BCUT2D eigenvalue weighted by Crippen LogP contribution is -2.22. The first-order valence-electron chi connectivity index (χ1n) is 7.89. The summed E-state index contributed by atoms with van der Waals surface area (Å²) in [7, 11) is 0. The van der Waals surface area contributed by atoms with Gasteiger partial charge in [-0.1, -0.05) is 29.3 Å². The van der Waals surface area contributed by atoms with Crippen molar-refractivity contribution in [3.8, 4) is 17.2 Å². The third-order valence-corrected chi connectivity index (χ3v) is 5.17. The van der Waals surface area contributed by atoms with Crippen molar-refractivity contribution in [1.82, 2.24) is 9.88 Å². The molecule has 3 aromatic rings. The Hall–Kier alpha value is -2.48. The number of amides is 1. The van der Waals surface area contributed by atoms with Crippen molar-refractivity contribution in [2.24, 2.45) is 0 Å². The lowest BCUT2D eigenvalue weighted by molar-refractivity contribution is 0.0951. The topological polar surface area (TPSA) is 57.8 Å². The number of fused-ring (bicyclic) bond motifs is 3. The number of aryl methyl sites for hydroxylation is 1. The van der Waals surface area contributed by atoms with Gasteiger partial charge in [-0.25, -0.2) is 0 Å². The molecule has 2 aromatic carbocycles. The van der Waals surface area contributed by atoms with Crippen LogP contribution in [0.25, 0.3) is 22.0 Å². The molecule has 0 aliphatic carbocycles. The molecule has 0 saturated heterocycles. The molecule has 1 aliphatic rings. The summed E-state index contributed by atoms with van der Waals surface area (Å²) in [5, 5.41) is 14.1. The number of carbonyl (C=O) groups excluding carboxylic acids is 1. The van der Waals surface area contributed by atoms with Gasteiger partial charge in [0.25, 0.3) is 5.91 Å². The van der Waals surface area contributed by atoms with Crippen LogP contribution < -0.4 is 5.32 Å². The van der Waals surface area contributed by atoms with Crippen LogP contribution >= 0.6 is 23.2 Å². The van der Waals surface area contributed by atoms with E-state index in [1.165, 1.54) is 0 Å². The highest BCUT2D eigenvalue weighted by atomic mass is 35.5. The van der Waals surface area contributed by atoms with Crippen LogP contribution in [0.1, 0.15) is 22.5 Å². The first kappa shape index (κ1) is 16.0. The molecule has 1 N–H and O–H groups in total. The molecule has 1 aliphatic heterocycles. The number of halogens is 2. The fourth-order valence-electron chi connectivity index (χ4n) is 3.31. The van der Waals surface area contributed by atoms with Crippen molar-refractivity contribution in [2.75, 3.05) is 6.54 Å². The minimum atomic E-state index is -0.0905. The van der Waals surface area contributed by atoms with Crippen LogP contribution in [0.4, 0.5) is 0 Å². The number of nitrogens with zero attached hydrogens (tertiary/aromatic N) is 2. The molecule has 0 unspecified atom stereocenters. The van der Waals surface area contributed by atoms with Gasteiger partial charge in [0.2, 0.25) is 0 Å². The SMILES string of the molecule is N#Cc1cc(-c2ccc(Cl)c(Cl)c2)c2c(c1)cc1n2CCCNC1=O. The van der Waals surface area contributed by atoms with Crippen molar-refractivity contribution in [1.29, 1.82) is 5.26 Å². The van der Waals surface area contributed by atoms with E-state index < -0.39 is 0 Å². The normalized spacial score (nSPS) is 13.9. The van der Waals surface area contributed by atoms with Crippen LogP contribution in [-0.4, -0.2) is 17.0 Å². The van der Waals surface area contributed by atoms with E-state index in [9.17, 15) is 10.1 Å². The third-order valence-electron chi connectivity index (χ3n) is 4.43. The average molecular weight is 370 g/mol. The summed E-state index contributed by atoms with van der Waals surface area (Å²) in [4.78, 5) is 12.3. The molecule has 4 rings (SSSR count). The van der Waals surface area contributed by atoms with Gasteiger partial charge in [0, 0.05) is 24.0 Å². The van der Waals surface area contributed by atoms with Crippen molar-refractivity contribution in [3.05, 3.63) is 57.7 Å². The molecule has 0 radical (unpaired) electrons. The minimum Gasteiger partial charge on any atom is -0.351 e. The Morgan fingerprint density at radius 1 is 1.12 bits per heavy atom. The average Bonchev–Trinajstić information content (AvgIpc) is 2.89. The highest BCUT2D eigenvalue weighted by Crippen LogP contribution is 2.36. The molecule has 4 nitrogen and oxygen atoms in total. The Kier molecular flexibility index (Phi) is 3.91. The van der Waals surface area contributed by atoms with Crippen LogP contribution in [0, 0.1) is 11.3 Å². The Bertz CT molecular complexity index is 1060. The van der Waals surface area contributed by atoms with Crippen LogP contribution in [0.15, 0.2) is 36.4 Å². The van der Waals surface area contributed by atoms with Crippen molar-refractivity contribution < 1.29 is 4.79 Å². The summed E-state index contributed by atoms with van der Waals surface area (Å²) in [6.45, 7) is 1.39. The number of rotatable bonds is 1. The molecule has 0 saturated carbocycles. The predicted octanol–water partition coefficient (Wildman–Crippen LogP) is 4.62. The second kappa shape index (κ2) is 6.11. The van der Waals surface area contributed by atoms with E-state index in [4.69, 9.17) is 23.2 Å². The molecular formula is C19H13Cl2N3O. The Labute approximate surface area is 154 Å². The molecule has 0 fully saturated rings. The van der Waals surface area contributed by atoms with E-state index in [2.05, 4.69) is 11.4 Å². The fraction of sp³-hybridized carbons (Fsp3) is 0.158. The van der Waals surface area contributed by atoms with Gasteiger partial charge >= 0.3 is 0 Å². The molecule has 6 heteroatoms. The highest BCUT2D eigenvalue weighted by molar-refractivity contribution is 6.42. The van der Waals surface area contributed by atoms with Crippen molar-refractivity contribution >= 4 is 40.0 Å². The van der Waals surface area contributed by atoms with E-state index in [1.54, 1.807) is 12.1 Å². The molecule has 25 heavy (non-hydrogen) atoms. The molecule has 0 atom stereocenters.